The number of hydrogen-bond acceptors (Lipinski definition) is 1. The molecule has 0 aliphatic heterocycles. The molecule has 106 valence electrons. The normalized spacial score (nSPS) is 12.5. The molecule has 0 amide bonds. The third kappa shape index (κ3) is 3.27. The fraction of sp³-hybridized carbons (Fsp3) is 0.200. The van der Waals surface area contributed by atoms with Crippen LogP contribution in [0.2, 0.25) is 10.0 Å². The van der Waals surface area contributed by atoms with E-state index in [1.807, 2.05) is 25.2 Å². The first-order chi connectivity index (χ1) is 9.43. The number of rotatable bonds is 3. The van der Waals surface area contributed by atoms with Gasteiger partial charge in [0.15, 0.2) is 0 Å². The van der Waals surface area contributed by atoms with Gasteiger partial charge in [-0.25, -0.2) is 4.39 Å². The average Bonchev–Trinajstić information content (AvgIpc) is 2.40. The molecule has 0 bridgehead atoms. The van der Waals surface area contributed by atoms with Gasteiger partial charge in [-0.2, -0.15) is 0 Å². The van der Waals surface area contributed by atoms with Crippen LogP contribution in [0, 0.1) is 16.3 Å². The maximum absolute atomic E-state index is 13.5. The Bertz CT molecular complexity index is 646. The number of benzene rings is 2. The van der Waals surface area contributed by atoms with E-state index in [0.717, 1.165) is 14.7 Å². The highest BCUT2D eigenvalue weighted by molar-refractivity contribution is 14.1. The summed E-state index contributed by atoms with van der Waals surface area (Å²) in [4.78, 5) is 0. The molecule has 5 heteroatoms. The van der Waals surface area contributed by atoms with Crippen LogP contribution in [-0.2, 0) is 0 Å². The summed E-state index contributed by atoms with van der Waals surface area (Å²) < 4.78 is 14.5. The van der Waals surface area contributed by atoms with Gasteiger partial charge in [0.1, 0.15) is 5.82 Å². The van der Waals surface area contributed by atoms with E-state index in [9.17, 15) is 4.39 Å². The topological polar surface area (TPSA) is 12.0 Å². The van der Waals surface area contributed by atoms with Crippen LogP contribution in [0.3, 0.4) is 0 Å². The van der Waals surface area contributed by atoms with Crippen LogP contribution < -0.4 is 5.32 Å². The second kappa shape index (κ2) is 6.60. The van der Waals surface area contributed by atoms with E-state index in [-0.39, 0.29) is 11.9 Å². The Balaban J connectivity index is 2.52. The molecule has 0 aromatic heterocycles. The van der Waals surface area contributed by atoms with Crippen LogP contribution >= 0.6 is 45.8 Å². The zero-order chi connectivity index (χ0) is 14.9. The molecule has 0 radical (unpaired) electrons. The van der Waals surface area contributed by atoms with E-state index < -0.39 is 0 Å². The lowest BCUT2D eigenvalue weighted by Gasteiger charge is -2.20. The lowest BCUT2D eigenvalue weighted by molar-refractivity contribution is 0.614. The third-order valence-electron chi connectivity index (χ3n) is 3.15. The van der Waals surface area contributed by atoms with Gasteiger partial charge in [-0.05, 0) is 77.5 Å². The Morgan fingerprint density at radius 3 is 2.45 bits per heavy atom. The quantitative estimate of drug-likeness (QED) is 0.655. The van der Waals surface area contributed by atoms with E-state index in [4.69, 9.17) is 23.2 Å². The first-order valence-corrected chi connectivity index (χ1v) is 7.85. The third-order valence-corrected chi connectivity index (χ3v) is 5.05. The predicted octanol–water partition coefficient (Wildman–Crippen LogP) is 5.35. The summed E-state index contributed by atoms with van der Waals surface area (Å²) >= 11 is 14.5. The van der Waals surface area contributed by atoms with Gasteiger partial charge in [0.2, 0.25) is 0 Å². The molecule has 0 fully saturated rings. The Hall–Kier alpha value is -0.360. The molecule has 2 aromatic rings. The summed E-state index contributed by atoms with van der Waals surface area (Å²) in [6.07, 6.45) is 0. The molecule has 1 atom stereocenters. The van der Waals surface area contributed by atoms with Gasteiger partial charge in [-0.3, -0.25) is 0 Å². The molecule has 1 N–H and O–H groups in total. The average molecular weight is 424 g/mol. The monoisotopic (exact) mass is 423 g/mol. The molecular weight excluding hydrogens is 411 g/mol. The summed E-state index contributed by atoms with van der Waals surface area (Å²) in [6.45, 7) is 1.72. The predicted molar refractivity (Wildman–Crippen MR) is 91.2 cm³/mol. The first-order valence-electron chi connectivity index (χ1n) is 6.01. The maximum Gasteiger partial charge on any atom is 0.127 e. The van der Waals surface area contributed by atoms with Crippen LogP contribution in [0.15, 0.2) is 30.3 Å². The van der Waals surface area contributed by atoms with Crippen LogP contribution in [-0.4, -0.2) is 7.05 Å². The number of aryl methyl sites for hydroxylation is 1. The second-order valence-electron chi connectivity index (χ2n) is 4.52. The lowest BCUT2D eigenvalue weighted by Crippen LogP contribution is -2.18. The highest BCUT2D eigenvalue weighted by Gasteiger charge is 2.17. The number of hydrogen-bond donors (Lipinski definition) is 1. The zero-order valence-electron chi connectivity index (χ0n) is 11.0. The highest BCUT2D eigenvalue weighted by Crippen LogP contribution is 2.32. The number of halogens is 4. The van der Waals surface area contributed by atoms with E-state index in [1.54, 1.807) is 13.0 Å². The van der Waals surface area contributed by atoms with Crippen molar-refractivity contribution >= 4 is 45.8 Å². The Morgan fingerprint density at radius 2 is 1.85 bits per heavy atom. The van der Waals surface area contributed by atoms with Gasteiger partial charge in [-0.15, -0.1) is 0 Å². The molecule has 1 unspecified atom stereocenters. The smallest absolute Gasteiger partial charge is 0.127 e. The minimum atomic E-state index is -0.297. The highest BCUT2D eigenvalue weighted by atomic mass is 127. The molecule has 2 aromatic carbocycles. The molecule has 20 heavy (non-hydrogen) atoms. The molecule has 2 rings (SSSR count). The lowest BCUT2D eigenvalue weighted by atomic mass is 9.97. The molecule has 0 aliphatic carbocycles. The minimum absolute atomic E-state index is 0.128. The first kappa shape index (κ1) is 16.0. The summed E-state index contributed by atoms with van der Waals surface area (Å²) in [7, 11) is 1.84. The van der Waals surface area contributed by atoms with Gasteiger partial charge in [0.05, 0.1) is 11.1 Å². The molecule has 0 saturated heterocycles. The van der Waals surface area contributed by atoms with Crippen LogP contribution in [0.4, 0.5) is 4.39 Å². The fourth-order valence-electron chi connectivity index (χ4n) is 2.09. The van der Waals surface area contributed by atoms with Crippen LogP contribution in [0.25, 0.3) is 0 Å². The minimum Gasteiger partial charge on any atom is -0.309 e. The van der Waals surface area contributed by atoms with Crippen LogP contribution in [0.5, 0.6) is 0 Å². The van der Waals surface area contributed by atoms with Crippen molar-refractivity contribution in [2.75, 3.05) is 7.05 Å². The van der Waals surface area contributed by atoms with E-state index in [0.29, 0.717) is 15.6 Å². The van der Waals surface area contributed by atoms with E-state index >= 15 is 0 Å². The largest absolute Gasteiger partial charge is 0.309 e. The van der Waals surface area contributed by atoms with Gasteiger partial charge in [0.25, 0.3) is 0 Å². The van der Waals surface area contributed by atoms with Gasteiger partial charge >= 0.3 is 0 Å². The van der Waals surface area contributed by atoms with E-state index in [2.05, 4.69) is 27.9 Å². The SMILES string of the molecule is CNC(c1ccc(I)c(Cl)c1)c1cc(C)c(F)cc1Cl. The van der Waals surface area contributed by atoms with Gasteiger partial charge in [-0.1, -0.05) is 29.3 Å². The second-order valence-corrected chi connectivity index (χ2v) is 6.49. The molecular formula is C15H13Cl2FIN. The number of nitrogens with one attached hydrogen (secondary N) is 1. The van der Waals surface area contributed by atoms with Crippen molar-refractivity contribution in [3.05, 3.63) is 66.5 Å². The standard InChI is InChI=1S/C15H13Cl2FIN/c1-8-5-10(11(16)7-13(8)18)15(20-2)9-3-4-14(19)12(17)6-9/h3-7,15,20H,1-2H3. The summed E-state index contributed by atoms with van der Waals surface area (Å²) in [5, 5.41) is 4.30. The van der Waals surface area contributed by atoms with Crippen molar-refractivity contribution in [1.82, 2.24) is 5.32 Å². The Labute approximate surface area is 141 Å². The summed E-state index contributed by atoms with van der Waals surface area (Å²) in [5.41, 5.74) is 2.40. The Morgan fingerprint density at radius 1 is 1.15 bits per heavy atom. The Kier molecular flexibility index (Phi) is 5.29. The molecule has 0 heterocycles. The summed E-state index contributed by atoms with van der Waals surface area (Å²) in [6, 6.07) is 8.84. The maximum atomic E-state index is 13.5. The summed E-state index contributed by atoms with van der Waals surface area (Å²) in [5.74, 6) is -0.297. The van der Waals surface area contributed by atoms with Crippen molar-refractivity contribution < 1.29 is 4.39 Å². The van der Waals surface area contributed by atoms with Crippen molar-refractivity contribution in [2.24, 2.45) is 0 Å². The fourth-order valence-corrected chi connectivity index (χ4v) is 2.88. The van der Waals surface area contributed by atoms with Crippen molar-refractivity contribution in [1.29, 1.82) is 0 Å². The van der Waals surface area contributed by atoms with Crippen LogP contribution in [0.1, 0.15) is 22.7 Å². The van der Waals surface area contributed by atoms with Gasteiger partial charge in [0, 0.05) is 8.59 Å². The molecule has 0 aliphatic rings. The van der Waals surface area contributed by atoms with Gasteiger partial charge < -0.3 is 5.32 Å². The van der Waals surface area contributed by atoms with E-state index in [1.165, 1.54) is 6.07 Å². The van der Waals surface area contributed by atoms with Crippen molar-refractivity contribution in [3.8, 4) is 0 Å². The molecule has 1 nitrogen and oxygen atoms in total. The zero-order valence-corrected chi connectivity index (χ0v) is 14.6. The molecule has 0 spiro atoms. The van der Waals surface area contributed by atoms with Crippen molar-refractivity contribution in [2.45, 2.75) is 13.0 Å². The molecule has 0 saturated carbocycles. The van der Waals surface area contributed by atoms with Crippen molar-refractivity contribution in [3.63, 3.8) is 0 Å².